The van der Waals surface area contributed by atoms with E-state index in [-0.39, 0.29) is 11.8 Å². The van der Waals surface area contributed by atoms with E-state index in [1.54, 1.807) is 0 Å². The molecule has 2 heterocycles. The van der Waals surface area contributed by atoms with E-state index in [1.807, 2.05) is 18.7 Å². The minimum absolute atomic E-state index is 0.00605. The average molecular weight is 254 g/mol. The molecule has 0 aromatic rings. The zero-order chi connectivity index (χ0) is 13.3. The topological polar surface area (TPSA) is 43.8 Å². The Balaban J connectivity index is 1.94. The summed E-state index contributed by atoms with van der Waals surface area (Å²) in [4.78, 5) is 16.4. The van der Waals surface area contributed by atoms with E-state index in [4.69, 9.17) is 0 Å². The predicted molar refractivity (Wildman–Crippen MR) is 71.2 cm³/mol. The van der Waals surface area contributed by atoms with E-state index >= 15 is 0 Å². The first-order valence-electron chi connectivity index (χ1n) is 7.09. The van der Waals surface area contributed by atoms with Crippen molar-refractivity contribution in [1.29, 1.82) is 0 Å². The van der Waals surface area contributed by atoms with Crippen LogP contribution in [0.5, 0.6) is 0 Å². The first-order chi connectivity index (χ1) is 8.43. The summed E-state index contributed by atoms with van der Waals surface area (Å²) in [6.45, 7) is 7.73. The monoisotopic (exact) mass is 254 g/mol. The second-order valence-corrected chi connectivity index (χ2v) is 6.50. The summed E-state index contributed by atoms with van der Waals surface area (Å²) in [5.74, 6) is -0.0626. The lowest BCUT2D eigenvalue weighted by Gasteiger charge is -2.37. The maximum Gasteiger partial charge on any atom is 0.251 e. The third kappa shape index (κ3) is 2.69. The fourth-order valence-corrected chi connectivity index (χ4v) is 3.10. The van der Waals surface area contributed by atoms with E-state index in [2.05, 4.69) is 11.9 Å². The van der Waals surface area contributed by atoms with Crippen LogP contribution in [0.2, 0.25) is 0 Å². The minimum Gasteiger partial charge on any atom is -0.383 e. The number of aliphatic hydroxyl groups excluding tert-OH is 1. The number of hydrogen-bond donors (Lipinski definition) is 1. The molecule has 0 aliphatic carbocycles. The van der Waals surface area contributed by atoms with Gasteiger partial charge in [0.05, 0.1) is 0 Å². The lowest BCUT2D eigenvalue weighted by molar-refractivity contribution is -0.141. The number of carbonyl (C=O) groups excluding carboxylic acids is 1. The van der Waals surface area contributed by atoms with Gasteiger partial charge in [0, 0.05) is 13.1 Å². The highest BCUT2D eigenvalue weighted by Gasteiger charge is 2.42. The van der Waals surface area contributed by atoms with Gasteiger partial charge in [-0.1, -0.05) is 13.8 Å². The quantitative estimate of drug-likeness (QED) is 0.798. The Morgan fingerprint density at radius 2 is 1.72 bits per heavy atom. The van der Waals surface area contributed by atoms with Gasteiger partial charge in [0.2, 0.25) is 0 Å². The zero-order valence-electron chi connectivity index (χ0n) is 11.9. The summed E-state index contributed by atoms with van der Waals surface area (Å²) in [5.41, 5.74) is 0.332. The molecule has 2 saturated heterocycles. The minimum atomic E-state index is -0.827. The normalized spacial score (nSPS) is 25.9. The van der Waals surface area contributed by atoms with Gasteiger partial charge in [0.25, 0.3) is 5.91 Å². The van der Waals surface area contributed by atoms with Crippen LogP contribution in [0.3, 0.4) is 0 Å². The van der Waals surface area contributed by atoms with Gasteiger partial charge in [-0.3, -0.25) is 4.79 Å². The molecule has 2 rings (SSSR count). The molecule has 1 amide bonds. The van der Waals surface area contributed by atoms with Crippen LogP contribution in [-0.2, 0) is 4.79 Å². The summed E-state index contributed by atoms with van der Waals surface area (Å²) < 4.78 is 0. The molecule has 4 nitrogen and oxygen atoms in total. The fraction of sp³-hybridized carbons (Fsp3) is 0.929. The molecule has 1 spiro atoms. The van der Waals surface area contributed by atoms with Crippen molar-refractivity contribution in [3.05, 3.63) is 0 Å². The Bertz CT molecular complexity index is 309. The third-order valence-corrected chi connectivity index (χ3v) is 4.68. The van der Waals surface area contributed by atoms with E-state index in [0.717, 1.165) is 32.6 Å². The number of amides is 1. The van der Waals surface area contributed by atoms with Gasteiger partial charge in [-0.25, -0.2) is 0 Å². The van der Waals surface area contributed by atoms with Gasteiger partial charge in [-0.2, -0.15) is 0 Å². The highest BCUT2D eigenvalue weighted by molar-refractivity contribution is 5.81. The van der Waals surface area contributed by atoms with E-state index < -0.39 is 6.10 Å². The van der Waals surface area contributed by atoms with Crippen LogP contribution in [0.25, 0.3) is 0 Å². The predicted octanol–water partition coefficient (Wildman–Crippen LogP) is 0.948. The maximum atomic E-state index is 12.1. The Morgan fingerprint density at radius 3 is 2.28 bits per heavy atom. The maximum absolute atomic E-state index is 12.1. The van der Waals surface area contributed by atoms with Gasteiger partial charge < -0.3 is 14.9 Å². The molecule has 4 heteroatoms. The van der Waals surface area contributed by atoms with E-state index in [0.29, 0.717) is 5.41 Å². The molecule has 18 heavy (non-hydrogen) atoms. The highest BCUT2D eigenvalue weighted by Crippen LogP contribution is 2.40. The highest BCUT2D eigenvalue weighted by atomic mass is 16.3. The first kappa shape index (κ1) is 13.8. The van der Waals surface area contributed by atoms with Crippen molar-refractivity contribution in [2.75, 3.05) is 33.2 Å². The molecule has 2 fully saturated rings. The van der Waals surface area contributed by atoms with Crippen molar-refractivity contribution in [3.8, 4) is 0 Å². The van der Waals surface area contributed by atoms with Gasteiger partial charge in [0.1, 0.15) is 6.10 Å². The van der Waals surface area contributed by atoms with Crippen LogP contribution in [-0.4, -0.2) is 60.1 Å². The zero-order valence-corrected chi connectivity index (χ0v) is 11.9. The molecule has 1 atom stereocenters. The van der Waals surface area contributed by atoms with Crippen LogP contribution < -0.4 is 0 Å². The molecule has 1 unspecified atom stereocenters. The molecule has 2 aliphatic rings. The molecule has 0 radical (unpaired) electrons. The lowest BCUT2D eigenvalue weighted by atomic mass is 9.78. The second kappa shape index (κ2) is 5.17. The van der Waals surface area contributed by atoms with E-state index in [1.165, 1.54) is 12.8 Å². The standard InChI is InChI=1S/C14H26N2O2/c1-11(2)12(17)13(18)16-9-6-14(10-16)4-7-15(3)8-5-14/h11-12,17H,4-10H2,1-3H3. The van der Waals surface area contributed by atoms with Crippen molar-refractivity contribution in [1.82, 2.24) is 9.80 Å². The smallest absolute Gasteiger partial charge is 0.251 e. The second-order valence-electron chi connectivity index (χ2n) is 6.50. The Labute approximate surface area is 110 Å². The number of piperidine rings is 1. The molecular weight excluding hydrogens is 228 g/mol. The number of likely N-dealkylation sites (tertiary alicyclic amines) is 2. The molecule has 0 saturated carbocycles. The van der Waals surface area contributed by atoms with Crippen LogP contribution in [0, 0.1) is 11.3 Å². The molecule has 104 valence electrons. The number of carbonyl (C=O) groups is 1. The van der Waals surface area contributed by atoms with Crippen molar-refractivity contribution in [2.24, 2.45) is 11.3 Å². The summed E-state index contributed by atoms with van der Waals surface area (Å²) in [6, 6.07) is 0. The Hall–Kier alpha value is -0.610. The van der Waals surface area contributed by atoms with E-state index in [9.17, 15) is 9.90 Å². The van der Waals surface area contributed by atoms with Crippen molar-refractivity contribution >= 4 is 5.91 Å². The number of aliphatic hydroxyl groups is 1. The lowest BCUT2D eigenvalue weighted by Crippen LogP contribution is -2.44. The average Bonchev–Trinajstić information content (AvgIpc) is 2.76. The summed E-state index contributed by atoms with van der Waals surface area (Å²) in [6.07, 6.45) is 2.65. The summed E-state index contributed by atoms with van der Waals surface area (Å²) >= 11 is 0. The summed E-state index contributed by atoms with van der Waals surface area (Å²) in [7, 11) is 2.16. The van der Waals surface area contributed by atoms with Crippen molar-refractivity contribution in [3.63, 3.8) is 0 Å². The van der Waals surface area contributed by atoms with Crippen LogP contribution in [0.4, 0.5) is 0 Å². The number of hydrogen-bond acceptors (Lipinski definition) is 3. The third-order valence-electron chi connectivity index (χ3n) is 4.68. The molecule has 1 N–H and O–H groups in total. The first-order valence-corrected chi connectivity index (χ1v) is 7.09. The summed E-state index contributed by atoms with van der Waals surface area (Å²) in [5, 5.41) is 9.88. The fourth-order valence-electron chi connectivity index (χ4n) is 3.10. The van der Waals surface area contributed by atoms with Gasteiger partial charge in [-0.05, 0) is 50.7 Å². The Kier molecular flexibility index (Phi) is 3.97. The molecule has 2 aliphatic heterocycles. The molecule has 0 aromatic carbocycles. The van der Waals surface area contributed by atoms with Gasteiger partial charge in [-0.15, -0.1) is 0 Å². The van der Waals surface area contributed by atoms with Crippen LogP contribution >= 0.6 is 0 Å². The Morgan fingerprint density at radius 1 is 1.17 bits per heavy atom. The van der Waals surface area contributed by atoms with Crippen molar-refractivity contribution in [2.45, 2.75) is 39.2 Å². The van der Waals surface area contributed by atoms with Crippen molar-refractivity contribution < 1.29 is 9.90 Å². The van der Waals surface area contributed by atoms with Gasteiger partial charge >= 0.3 is 0 Å². The number of rotatable bonds is 2. The molecule has 0 aromatic heterocycles. The SMILES string of the molecule is CC(C)C(O)C(=O)N1CCC2(CCN(C)CC2)C1. The van der Waals surface area contributed by atoms with Gasteiger partial charge in [0.15, 0.2) is 0 Å². The largest absolute Gasteiger partial charge is 0.383 e. The molecule has 0 bridgehead atoms. The molecular formula is C14H26N2O2. The van der Waals surface area contributed by atoms with Crippen LogP contribution in [0.1, 0.15) is 33.1 Å². The van der Waals surface area contributed by atoms with Crippen LogP contribution in [0.15, 0.2) is 0 Å². The number of nitrogens with zero attached hydrogens (tertiary/aromatic N) is 2.